The van der Waals surface area contributed by atoms with Crippen LogP contribution in [0.4, 0.5) is 8.78 Å². The fraction of sp³-hybridized carbons (Fsp3) is 0.500. The quantitative estimate of drug-likeness (QED) is 0.674. The van der Waals surface area contributed by atoms with Gasteiger partial charge in [0.2, 0.25) is 5.91 Å². The van der Waals surface area contributed by atoms with E-state index in [2.05, 4.69) is 5.32 Å². The summed E-state index contributed by atoms with van der Waals surface area (Å²) >= 11 is 0. The minimum atomic E-state index is -0.909. The lowest BCUT2D eigenvalue weighted by Crippen LogP contribution is -2.40. The topological polar surface area (TPSA) is 72.2 Å². The van der Waals surface area contributed by atoms with Crippen molar-refractivity contribution in [1.29, 1.82) is 0 Å². The molecule has 0 aliphatic heterocycles. The zero-order valence-corrected chi connectivity index (χ0v) is 13.9. The highest BCUT2D eigenvalue weighted by molar-refractivity contribution is 5.98. The number of benzene rings is 1. The van der Waals surface area contributed by atoms with Crippen molar-refractivity contribution >= 4 is 24.1 Å². The van der Waals surface area contributed by atoms with Crippen molar-refractivity contribution in [2.45, 2.75) is 45.1 Å². The number of hydrogen-bond donors (Lipinski definition) is 2. The third-order valence-corrected chi connectivity index (χ3v) is 3.37. The number of nitrogens with two attached hydrogens (primary N) is 1. The standard InChI is InChI=1S/C16H22F2N2O2.ClH/c1-2-3-4-12(10-19)20-16(22)8-7-15(21)13-6-5-11(17)9-14(13)18;/h5-6,9,12H,2-4,7-8,10,19H2,1H3,(H,20,22);1H. The molecule has 1 amide bonds. The number of amides is 1. The Balaban J connectivity index is 0.00000484. The second-order valence-electron chi connectivity index (χ2n) is 5.19. The van der Waals surface area contributed by atoms with E-state index in [1.165, 1.54) is 0 Å². The van der Waals surface area contributed by atoms with E-state index in [9.17, 15) is 18.4 Å². The van der Waals surface area contributed by atoms with E-state index in [1.807, 2.05) is 6.92 Å². The van der Waals surface area contributed by atoms with E-state index in [-0.39, 0.29) is 42.8 Å². The summed E-state index contributed by atoms with van der Waals surface area (Å²) in [5.74, 6) is -2.46. The number of carbonyl (C=O) groups is 2. The van der Waals surface area contributed by atoms with Crippen molar-refractivity contribution in [2.75, 3.05) is 6.54 Å². The molecule has 0 radical (unpaired) electrons. The minimum Gasteiger partial charge on any atom is -0.352 e. The number of Topliss-reactive ketones (excluding diaryl/α,β-unsaturated/α-hetero) is 1. The van der Waals surface area contributed by atoms with Crippen molar-refractivity contribution in [3.63, 3.8) is 0 Å². The van der Waals surface area contributed by atoms with Gasteiger partial charge in [-0.15, -0.1) is 12.4 Å². The highest BCUT2D eigenvalue weighted by Crippen LogP contribution is 2.12. The van der Waals surface area contributed by atoms with Gasteiger partial charge in [-0.25, -0.2) is 8.78 Å². The van der Waals surface area contributed by atoms with Crippen LogP contribution in [0, 0.1) is 11.6 Å². The maximum absolute atomic E-state index is 13.5. The van der Waals surface area contributed by atoms with Crippen LogP contribution >= 0.6 is 12.4 Å². The third kappa shape index (κ3) is 7.52. The van der Waals surface area contributed by atoms with Gasteiger partial charge in [-0.05, 0) is 18.6 Å². The van der Waals surface area contributed by atoms with Gasteiger partial charge < -0.3 is 11.1 Å². The van der Waals surface area contributed by atoms with Crippen molar-refractivity contribution in [3.05, 3.63) is 35.4 Å². The molecule has 0 saturated heterocycles. The molecule has 0 aliphatic rings. The first-order valence-corrected chi connectivity index (χ1v) is 7.45. The van der Waals surface area contributed by atoms with Gasteiger partial charge in [-0.2, -0.15) is 0 Å². The summed E-state index contributed by atoms with van der Waals surface area (Å²) in [4.78, 5) is 23.6. The van der Waals surface area contributed by atoms with Crippen molar-refractivity contribution in [2.24, 2.45) is 5.73 Å². The summed E-state index contributed by atoms with van der Waals surface area (Å²) < 4.78 is 26.2. The van der Waals surface area contributed by atoms with Crippen LogP contribution in [0.1, 0.15) is 49.4 Å². The molecule has 4 nitrogen and oxygen atoms in total. The lowest BCUT2D eigenvalue weighted by molar-refractivity contribution is -0.121. The zero-order valence-electron chi connectivity index (χ0n) is 13.1. The van der Waals surface area contributed by atoms with E-state index in [0.717, 1.165) is 31.4 Å². The molecule has 0 fully saturated rings. The number of hydrogen-bond acceptors (Lipinski definition) is 3. The van der Waals surface area contributed by atoms with Gasteiger partial charge in [0.05, 0.1) is 5.56 Å². The molecule has 0 aliphatic carbocycles. The summed E-state index contributed by atoms with van der Waals surface area (Å²) in [5.41, 5.74) is 5.38. The van der Waals surface area contributed by atoms with Gasteiger partial charge in [-0.1, -0.05) is 19.8 Å². The number of carbonyl (C=O) groups excluding carboxylic acids is 2. The van der Waals surface area contributed by atoms with Crippen molar-refractivity contribution in [3.8, 4) is 0 Å². The van der Waals surface area contributed by atoms with E-state index in [0.29, 0.717) is 12.6 Å². The lowest BCUT2D eigenvalue weighted by atomic mass is 10.1. The number of halogens is 3. The molecule has 1 aromatic carbocycles. The minimum absolute atomic E-state index is 0. The summed E-state index contributed by atoms with van der Waals surface area (Å²) in [6, 6.07) is 2.66. The number of ketones is 1. The molecule has 1 aromatic rings. The Morgan fingerprint density at radius 2 is 1.96 bits per heavy atom. The van der Waals surface area contributed by atoms with Gasteiger partial charge >= 0.3 is 0 Å². The van der Waals surface area contributed by atoms with E-state index in [4.69, 9.17) is 5.73 Å². The molecule has 3 N–H and O–H groups in total. The predicted octanol–water partition coefficient (Wildman–Crippen LogP) is 2.98. The first-order chi connectivity index (χ1) is 10.5. The Bertz CT molecular complexity index is 527. The Morgan fingerprint density at radius 3 is 2.52 bits per heavy atom. The fourth-order valence-electron chi connectivity index (χ4n) is 2.08. The summed E-state index contributed by atoms with van der Waals surface area (Å²) in [6.45, 7) is 2.39. The summed E-state index contributed by atoms with van der Waals surface area (Å²) in [7, 11) is 0. The van der Waals surface area contributed by atoms with Gasteiger partial charge in [0.25, 0.3) is 0 Å². The van der Waals surface area contributed by atoms with Crippen LogP contribution in [0.15, 0.2) is 18.2 Å². The first kappa shape index (κ1) is 21.5. The smallest absolute Gasteiger partial charge is 0.220 e. The largest absolute Gasteiger partial charge is 0.352 e. The molecule has 7 heteroatoms. The predicted molar refractivity (Wildman–Crippen MR) is 87.7 cm³/mol. The maximum atomic E-state index is 13.5. The average molecular weight is 349 g/mol. The first-order valence-electron chi connectivity index (χ1n) is 7.45. The van der Waals surface area contributed by atoms with Gasteiger partial charge in [0, 0.05) is 31.5 Å². The molecule has 23 heavy (non-hydrogen) atoms. The normalized spacial score (nSPS) is 11.5. The molecular weight excluding hydrogens is 326 g/mol. The molecule has 130 valence electrons. The van der Waals surface area contributed by atoms with E-state index < -0.39 is 17.4 Å². The molecule has 1 atom stereocenters. The van der Waals surface area contributed by atoms with Gasteiger partial charge in [0.15, 0.2) is 5.78 Å². The molecule has 1 rings (SSSR count). The maximum Gasteiger partial charge on any atom is 0.220 e. The molecule has 0 spiro atoms. The molecule has 1 unspecified atom stereocenters. The Morgan fingerprint density at radius 1 is 1.26 bits per heavy atom. The monoisotopic (exact) mass is 348 g/mol. The number of nitrogens with one attached hydrogen (secondary N) is 1. The van der Waals surface area contributed by atoms with Gasteiger partial charge in [0.1, 0.15) is 11.6 Å². The molecule has 0 bridgehead atoms. The SMILES string of the molecule is CCCCC(CN)NC(=O)CCC(=O)c1ccc(F)cc1F.Cl. The van der Waals surface area contributed by atoms with Crippen LogP contribution in [0.25, 0.3) is 0 Å². The van der Waals surface area contributed by atoms with E-state index >= 15 is 0 Å². The fourth-order valence-corrected chi connectivity index (χ4v) is 2.08. The van der Waals surface area contributed by atoms with Crippen LogP contribution in [-0.2, 0) is 4.79 Å². The molecular formula is C16H23ClF2N2O2. The summed E-state index contributed by atoms with van der Waals surface area (Å²) in [5, 5.41) is 2.76. The van der Waals surface area contributed by atoms with Crippen molar-refractivity contribution in [1.82, 2.24) is 5.32 Å². The van der Waals surface area contributed by atoms with E-state index in [1.54, 1.807) is 0 Å². The third-order valence-electron chi connectivity index (χ3n) is 3.37. The van der Waals surface area contributed by atoms with Crippen LogP contribution in [0.2, 0.25) is 0 Å². The van der Waals surface area contributed by atoms with Crippen molar-refractivity contribution < 1.29 is 18.4 Å². The second-order valence-corrected chi connectivity index (χ2v) is 5.19. The summed E-state index contributed by atoms with van der Waals surface area (Å²) in [6.07, 6.45) is 2.59. The Labute approximate surface area is 141 Å². The molecule has 0 aromatic heterocycles. The molecule has 0 saturated carbocycles. The molecule has 0 heterocycles. The Kier molecular flexibility index (Phi) is 10.3. The van der Waals surface area contributed by atoms with Gasteiger partial charge in [-0.3, -0.25) is 9.59 Å². The second kappa shape index (κ2) is 11.1. The number of unbranched alkanes of at least 4 members (excludes halogenated alkanes) is 1. The van der Waals surface area contributed by atoms with Crippen LogP contribution < -0.4 is 11.1 Å². The number of rotatable bonds is 9. The Hall–Kier alpha value is -1.53. The lowest BCUT2D eigenvalue weighted by Gasteiger charge is -2.16. The van der Waals surface area contributed by atoms with Crippen LogP contribution in [-0.4, -0.2) is 24.3 Å². The van der Waals surface area contributed by atoms with Crippen LogP contribution in [0.5, 0.6) is 0 Å². The zero-order chi connectivity index (χ0) is 16.5. The van der Waals surface area contributed by atoms with Crippen LogP contribution in [0.3, 0.4) is 0 Å². The highest BCUT2D eigenvalue weighted by atomic mass is 35.5. The highest BCUT2D eigenvalue weighted by Gasteiger charge is 2.15. The average Bonchev–Trinajstić information content (AvgIpc) is 2.49.